The fourth-order valence-corrected chi connectivity index (χ4v) is 2.53. The van der Waals surface area contributed by atoms with Crippen molar-refractivity contribution < 1.29 is 16.4 Å². The summed E-state index contributed by atoms with van der Waals surface area (Å²) in [6, 6.07) is 0.365. The Morgan fingerprint density at radius 1 is 1.61 bits per heavy atom. The number of carboxylic acid groups (broad SMARTS) is 1. The number of nitrogens with zero attached hydrogens (tertiary/aromatic N) is 1. The summed E-state index contributed by atoms with van der Waals surface area (Å²) in [6.45, 7) is 0. The Labute approximate surface area is 111 Å². The number of aliphatic hydroxyl groups is 1. The number of thioether (sulfide) groups is 1. The van der Waals surface area contributed by atoms with Crippen LogP contribution < -0.4 is 0 Å². The molecule has 0 aromatic carbocycles. The monoisotopic (exact) mass is 269 g/mol. The summed E-state index contributed by atoms with van der Waals surface area (Å²) in [5.41, 5.74) is 0.191. The molecular weight excluding hydrogens is 252 g/mol. The van der Waals surface area contributed by atoms with Gasteiger partial charge in [-0.15, -0.1) is 11.8 Å². The quantitative estimate of drug-likeness (QED) is 0.686. The molecule has 2 unspecified atom stereocenters. The van der Waals surface area contributed by atoms with E-state index in [9.17, 15) is 9.90 Å². The fraction of sp³-hybridized carbons (Fsp3) is 0.500. The molecule has 1 aromatic heterocycles. The second-order valence-electron chi connectivity index (χ2n) is 4.17. The summed E-state index contributed by atoms with van der Waals surface area (Å²) in [7, 11) is 0. The first kappa shape index (κ1) is 11.8. The maximum Gasteiger partial charge on any atom is 0.303 e. The van der Waals surface area contributed by atoms with E-state index in [2.05, 4.69) is 9.97 Å². The van der Waals surface area contributed by atoms with Gasteiger partial charge in [-0.05, 0) is 24.7 Å². The molecule has 2 atom stereocenters. The van der Waals surface area contributed by atoms with Crippen molar-refractivity contribution in [3.05, 3.63) is 29.2 Å². The molecule has 3 N–H and O–H groups in total. The summed E-state index contributed by atoms with van der Waals surface area (Å²) in [5.74, 6) is -0.567. The molecule has 0 radical (unpaired) electrons. The normalized spacial score (nSPS) is 23.8. The number of aromatic amines is 1. The molecule has 2 heterocycles. The van der Waals surface area contributed by atoms with Crippen LogP contribution in [0.5, 0.6) is 0 Å². The van der Waals surface area contributed by atoms with Crippen molar-refractivity contribution in [2.75, 3.05) is 0 Å². The zero-order valence-corrected chi connectivity index (χ0v) is 10.6. The summed E-state index contributed by atoms with van der Waals surface area (Å²) in [5, 5.41) is 19.9. The number of carboxylic acids is 1. The molecule has 0 aliphatic carbocycles. The molecule has 5 nitrogen and oxygen atoms in total. The molecule has 98 valence electrons. The Kier molecular flexibility index (Phi) is 3.97. The molecule has 6 heteroatoms. The molecule has 0 saturated heterocycles. The van der Waals surface area contributed by atoms with Gasteiger partial charge in [-0.25, -0.2) is 4.98 Å². The number of H-pyrrole nitrogens is 1. The first-order chi connectivity index (χ1) is 9.08. The Hall–Kier alpha value is -1.27. The van der Waals surface area contributed by atoms with E-state index in [0.29, 0.717) is 24.7 Å². The van der Waals surface area contributed by atoms with Crippen LogP contribution in [0, 0.1) is 0 Å². The summed E-state index contributed by atoms with van der Waals surface area (Å²) >= 11 is 1.22. The van der Waals surface area contributed by atoms with E-state index in [1.807, 2.05) is 0 Å². The van der Waals surface area contributed by atoms with Gasteiger partial charge in [0.05, 0.1) is 13.0 Å². The van der Waals surface area contributed by atoms with Gasteiger partial charge in [0.1, 0.15) is 11.3 Å². The minimum absolute atomic E-state index is 0.175. The van der Waals surface area contributed by atoms with Crippen LogP contribution in [0.15, 0.2) is 17.7 Å². The number of nitrogens with one attached hydrogen (secondary N) is 1. The second-order valence-corrected chi connectivity index (χ2v) is 5.16. The third-order valence-corrected chi connectivity index (χ3v) is 3.58. The van der Waals surface area contributed by atoms with Gasteiger partial charge in [-0.3, -0.25) is 4.79 Å². The predicted octanol–water partition coefficient (Wildman–Crippen LogP) is 1.87. The first-order valence-corrected chi connectivity index (χ1v) is 6.78. The average molecular weight is 269 g/mol. The van der Waals surface area contributed by atoms with Gasteiger partial charge in [0.25, 0.3) is 0 Å². The largest absolute Gasteiger partial charge is 0.481 e. The minimum atomic E-state index is -0.780. The van der Waals surface area contributed by atoms with E-state index in [1.165, 1.54) is 11.8 Å². The molecule has 0 saturated carbocycles. The van der Waals surface area contributed by atoms with Crippen molar-refractivity contribution >= 4 is 17.7 Å². The van der Waals surface area contributed by atoms with Gasteiger partial charge >= 0.3 is 5.97 Å². The maximum absolute atomic E-state index is 10.4. The van der Waals surface area contributed by atoms with Crippen LogP contribution >= 0.6 is 11.8 Å². The number of imidazole rings is 1. The highest BCUT2D eigenvalue weighted by Gasteiger charge is 2.25. The molecule has 0 fully saturated rings. The highest BCUT2D eigenvalue weighted by Crippen LogP contribution is 2.33. The van der Waals surface area contributed by atoms with E-state index in [0.717, 1.165) is 12.1 Å². The molecular formula is C12H16N2O3S. The van der Waals surface area contributed by atoms with Crippen molar-refractivity contribution in [1.82, 2.24) is 9.97 Å². The lowest BCUT2D eigenvalue weighted by Crippen LogP contribution is -2.10. The smallest absolute Gasteiger partial charge is 0.303 e. The number of hydrogen-bond acceptors (Lipinski definition) is 4. The van der Waals surface area contributed by atoms with Crippen LogP contribution in [0.4, 0.5) is 0 Å². The van der Waals surface area contributed by atoms with Crippen LogP contribution in [0.25, 0.3) is 0 Å². The van der Waals surface area contributed by atoms with E-state index in [1.54, 1.807) is 11.6 Å². The molecule has 0 amide bonds. The van der Waals surface area contributed by atoms with Crippen LogP contribution in [0.1, 0.15) is 38.1 Å². The van der Waals surface area contributed by atoms with Crippen molar-refractivity contribution in [1.29, 1.82) is 0 Å². The number of aliphatic carboxylic acids is 1. The number of aliphatic hydroxyl groups excluding tert-OH is 1. The van der Waals surface area contributed by atoms with E-state index in [4.69, 9.17) is 6.48 Å². The van der Waals surface area contributed by atoms with Gasteiger partial charge in [0.15, 0.2) is 0 Å². The first-order valence-electron chi connectivity index (χ1n) is 6.34. The minimum Gasteiger partial charge on any atom is -0.481 e. The average Bonchev–Trinajstić information content (AvgIpc) is 2.92. The number of unbranched alkanes of at least 4 members (excludes halogenated alkanes) is 1. The Morgan fingerprint density at radius 2 is 2.44 bits per heavy atom. The Balaban J connectivity index is 1.89. The van der Waals surface area contributed by atoms with Crippen LogP contribution in [-0.2, 0) is 11.2 Å². The van der Waals surface area contributed by atoms with Gasteiger partial charge in [-0.2, -0.15) is 0 Å². The van der Waals surface area contributed by atoms with Gasteiger partial charge in [-0.1, -0.05) is 6.05 Å². The fourth-order valence-electron chi connectivity index (χ4n) is 1.80. The number of aryl methyl sites for hydroxylation is 1. The number of hydrogen-bond donors (Lipinski definition) is 3. The van der Waals surface area contributed by atoms with Crippen molar-refractivity contribution in [3.63, 3.8) is 0 Å². The zero-order valence-electron chi connectivity index (χ0n) is 10.8. The van der Waals surface area contributed by atoms with Crippen LogP contribution in [0.3, 0.4) is 0 Å². The summed E-state index contributed by atoms with van der Waals surface area (Å²) in [6.07, 6.45) is 4.04. The molecule has 1 aliphatic heterocycles. The summed E-state index contributed by atoms with van der Waals surface area (Å²) in [4.78, 5) is 17.8. The Morgan fingerprint density at radius 3 is 3.11 bits per heavy atom. The van der Waals surface area contributed by atoms with Crippen molar-refractivity contribution in [3.8, 4) is 0 Å². The Bertz CT molecular complexity index is 489. The van der Waals surface area contributed by atoms with Gasteiger partial charge in [0, 0.05) is 12.6 Å². The second kappa shape index (κ2) is 6.06. The molecule has 0 spiro atoms. The third kappa shape index (κ3) is 3.36. The van der Waals surface area contributed by atoms with E-state index < -0.39 is 17.3 Å². The highest BCUT2D eigenvalue weighted by atomic mass is 32.2. The van der Waals surface area contributed by atoms with Crippen molar-refractivity contribution in [2.24, 2.45) is 0 Å². The maximum atomic E-state index is 10.4. The topological polar surface area (TPSA) is 86.2 Å². The lowest BCUT2D eigenvalue weighted by Gasteiger charge is -2.09. The molecule has 0 bridgehead atoms. The molecule has 2 rings (SSSR count). The van der Waals surface area contributed by atoms with Crippen LogP contribution in [-0.4, -0.2) is 31.6 Å². The third-order valence-electron chi connectivity index (χ3n) is 2.76. The number of aromatic nitrogens is 2. The number of rotatable bonds is 6. The predicted molar refractivity (Wildman–Crippen MR) is 69.3 cm³/mol. The van der Waals surface area contributed by atoms with E-state index >= 15 is 0 Å². The summed E-state index contributed by atoms with van der Waals surface area (Å²) < 4.78 is 7.74. The zero-order chi connectivity index (χ0) is 13.8. The van der Waals surface area contributed by atoms with Gasteiger partial charge in [0.2, 0.25) is 0 Å². The van der Waals surface area contributed by atoms with E-state index in [-0.39, 0.29) is 6.42 Å². The van der Waals surface area contributed by atoms with Gasteiger partial charge < -0.3 is 15.2 Å². The lowest BCUT2D eigenvalue weighted by molar-refractivity contribution is -0.137. The highest BCUT2D eigenvalue weighted by molar-refractivity contribution is 8.02. The standard InChI is InChI=1S/C12H16N2O3S/c15-10(16)4-2-1-3-8-7-13-11(14-8)9-5-6-18-12(9)17/h5-7,9,12,17H,1-4H2,(H,13,14)(H,15,16)/i5D. The molecule has 18 heavy (non-hydrogen) atoms. The van der Waals surface area contributed by atoms with Crippen molar-refractivity contribution in [2.45, 2.75) is 37.0 Å². The molecule has 1 aliphatic rings. The lowest BCUT2D eigenvalue weighted by atomic mass is 10.1. The SMILES string of the molecule is [2H]C1=CSC(O)C1c1nc(CCCCC(=O)O)c[nH]1. The molecule has 1 aromatic rings. The number of carbonyl (C=O) groups is 1. The van der Waals surface area contributed by atoms with Crippen LogP contribution in [0.2, 0.25) is 0 Å².